The van der Waals surface area contributed by atoms with Crippen LogP contribution in [-0.4, -0.2) is 23.4 Å². The first-order chi connectivity index (χ1) is 11.7. The van der Waals surface area contributed by atoms with Gasteiger partial charge in [-0.3, -0.25) is 9.59 Å². The van der Waals surface area contributed by atoms with Crippen molar-refractivity contribution in [1.82, 2.24) is 4.90 Å². The number of benzene rings is 1. The van der Waals surface area contributed by atoms with Crippen LogP contribution < -0.4 is 0 Å². The summed E-state index contributed by atoms with van der Waals surface area (Å²) in [5, 5.41) is 0. The summed E-state index contributed by atoms with van der Waals surface area (Å²) in [7, 11) is 0. The molecule has 4 heteroatoms. The van der Waals surface area contributed by atoms with Gasteiger partial charge in [0.05, 0.1) is 13.2 Å². The first kappa shape index (κ1) is 16.4. The number of amides is 1. The Morgan fingerprint density at radius 1 is 1.20 bits per heavy atom. The van der Waals surface area contributed by atoms with E-state index in [2.05, 4.69) is 39.8 Å². The summed E-state index contributed by atoms with van der Waals surface area (Å²) in [6.45, 7) is 9.24. The summed E-state index contributed by atoms with van der Waals surface area (Å²) in [5.74, 6) is -0.461. The summed E-state index contributed by atoms with van der Waals surface area (Å²) < 4.78 is 5.50. The highest BCUT2D eigenvalue weighted by Crippen LogP contribution is 2.66. The molecule has 1 saturated carbocycles. The summed E-state index contributed by atoms with van der Waals surface area (Å²) >= 11 is 0. The molecule has 1 aromatic rings. The Hall–Kier alpha value is -2.10. The zero-order chi connectivity index (χ0) is 18.0. The fourth-order valence-electron chi connectivity index (χ4n) is 4.90. The van der Waals surface area contributed by atoms with E-state index < -0.39 is 10.8 Å². The molecule has 2 atom stereocenters. The predicted octanol–water partition coefficient (Wildman–Crippen LogP) is 3.68. The highest BCUT2D eigenvalue weighted by molar-refractivity contribution is 6.05. The summed E-state index contributed by atoms with van der Waals surface area (Å²) in [6.07, 6.45) is 5.20. The highest BCUT2D eigenvalue weighted by atomic mass is 16.5. The Balaban J connectivity index is 1.74. The van der Waals surface area contributed by atoms with Crippen LogP contribution in [0.1, 0.15) is 50.3 Å². The number of hydrogen-bond acceptors (Lipinski definition) is 3. The third-order valence-electron chi connectivity index (χ3n) is 7.33. The largest absolute Gasteiger partial charge is 0.464 e. The van der Waals surface area contributed by atoms with Crippen molar-refractivity contribution in [1.29, 1.82) is 0 Å². The number of carbonyl (C=O) groups excluding carboxylic acids is 2. The molecular formula is C21H25NO3. The molecule has 4 rings (SSSR count). The lowest BCUT2D eigenvalue weighted by molar-refractivity contribution is -0.192. The standard InChI is InChI=1S/C21H25NO3/c1-14-6-5-7-15-8-11-22(12-16(14)15)17(23)21-10-9-20(4,19(21,2)3)13-25-18(21)24/h5-8,11H,9-10,12-13H2,1-4H3/t20-,21-/m0/s1. The van der Waals surface area contributed by atoms with E-state index in [-0.39, 0.29) is 17.3 Å². The zero-order valence-corrected chi connectivity index (χ0v) is 15.4. The van der Waals surface area contributed by atoms with Gasteiger partial charge < -0.3 is 9.64 Å². The molecule has 25 heavy (non-hydrogen) atoms. The number of aryl methyl sites for hydroxylation is 1. The maximum Gasteiger partial charge on any atom is 0.322 e. The van der Waals surface area contributed by atoms with Gasteiger partial charge in [0.2, 0.25) is 5.91 Å². The number of fused-ring (bicyclic) bond motifs is 3. The van der Waals surface area contributed by atoms with E-state index >= 15 is 0 Å². The molecule has 1 aliphatic carbocycles. The minimum atomic E-state index is -1.08. The smallest absolute Gasteiger partial charge is 0.322 e. The van der Waals surface area contributed by atoms with Crippen LogP contribution in [0.5, 0.6) is 0 Å². The second-order valence-corrected chi connectivity index (χ2v) is 8.56. The van der Waals surface area contributed by atoms with Crippen molar-refractivity contribution in [3.8, 4) is 0 Å². The molecule has 1 saturated heterocycles. The van der Waals surface area contributed by atoms with Gasteiger partial charge in [0.1, 0.15) is 0 Å². The lowest BCUT2D eigenvalue weighted by Gasteiger charge is -2.50. The minimum Gasteiger partial charge on any atom is -0.464 e. The van der Waals surface area contributed by atoms with Crippen molar-refractivity contribution in [3.05, 3.63) is 41.1 Å². The van der Waals surface area contributed by atoms with Gasteiger partial charge in [0.15, 0.2) is 5.41 Å². The SMILES string of the molecule is Cc1cccc2c1CN(C(=O)[C@@]13CC[C@@](C)(COC1=O)C3(C)C)C=C2. The van der Waals surface area contributed by atoms with Gasteiger partial charge in [0, 0.05) is 11.6 Å². The van der Waals surface area contributed by atoms with Crippen LogP contribution in [0, 0.1) is 23.2 Å². The molecule has 2 aliphatic heterocycles. The number of nitrogens with zero attached hydrogens (tertiary/aromatic N) is 1. The van der Waals surface area contributed by atoms with Crippen molar-refractivity contribution in [2.24, 2.45) is 16.2 Å². The lowest BCUT2D eigenvalue weighted by Crippen LogP contribution is -2.60. The monoisotopic (exact) mass is 339 g/mol. The molecule has 0 spiro atoms. The van der Waals surface area contributed by atoms with Crippen molar-refractivity contribution in [2.75, 3.05) is 6.61 Å². The van der Waals surface area contributed by atoms with Gasteiger partial charge in [-0.15, -0.1) is 0 Å². The quantitative estimate of drug-likeness (QED) is 0.579. The van der Waals surface area contributed by atoms with E-state index in [1.165, 1.54) is 5.56 Å². The number of carbonyl (C=O) groups is 2. The third-order valence-corrected chi connectivity index (χ3v) is 7.33. The summed E-state index contributed by atoms with van der Waals surface area (Å²) in [6, 6.07) is 6.15. The predicted molar refractivity (Wildman–Crippen MR) is 95.3 cm³/mol. The van der Waals surface area contributed by atoms with Crippen molar-refractivity contribution < 1.29 is 14.3 Å². The van der Waals surface area contributed by atoms with Crippen LogP contribution in [0.15, 0.2) is 24.4 Å². The Bertz CT molecular complexity index is 809. The minimum absolute atomic E-state index is 0.115. The number of rotatable bonds is 1. The third kappa shape index (κ3) is 1.88. The molecule has 1 amide bonds. The normalized spacial score (nSPS) is 32.3. The van der Waals surface area contributed by atoms with E-state index in [9.17, 15) is 9.59 Å². The van der Waals surface area contributed by atoms with Crippen molar-refractivity contribution in [3.63, 3.8) is 0 Å². The second-order valence-electron chi connectivity index (χ2n) is 8.56. The summed E-state index contributed by atoms with van der Waals surface area (Å²) in [4.78, 5) is 28.1. The molecule has 2 heterocycles. The van der Waals surface area contributed by atoms with E-state index in [1.807, 2.05) is 18.3 Å². The summed E-state index contributed by atoms with van der Waals surface area (Å²) in [5.41, 5.74) is 1.81. The number of cyclic esters (lactones) is 1. The second kappa shape index (κ2) is 4.96. The van der Waals surface area contributed by atoms with Crippen LogP contribution in [-0.2, 0) is 20.9 Å². The average Bonchev–Trinajstić information content (AvgIpc) is 2.69. The zero-order valence-electron chi connectivity index (χ0n) is 15.4. The van der Waals surface area contributed by atoms with E-state index in [0.29, 0.717) is 19.6 Å². The molecule has 0 radical (unpaired) electrons. The van der Waals surface area contributed by atoms with Crippen LogP contribution >= 0.6 is 0 Å². The first-order valence-electron chi connectivity index (χ1n) is 8.98. The molecule has 1 aromatic carbocycles. The van der Waals surface area contributed by atoms with Gasteiger partial charge in [-0.1, -0.05) is 39.0 Å². The Morgan fingerprint density at radius 3 is 2.72 bits per heavy atom. The van der Waals surface area contributed by atoms with Crippen molar-refractivity contribution in [2.45, 2.75) is 47.1 Å². The van der Waals surface area contributed by atoms with Crippen LogP contribution in [0.4, 0.5) is 0 Å². The maximum absolute atomic E-state index is 13.6. The Kier molecular flexibility index (Phi) is 3.25. The first-order valence-corrected chi connectivity index (χ1v) is 8.98. The molecule has 2 fully saturated rings. The van der Waals surface area contributed by atoms with Crippen LogP contribution in [0.2, 0.25) is 0 Å². The van der Waals surface area contributed by atoms with E-state index in [0.717, 1.165) is 17.5 Å². The van der Waals surface area contributed by atoms with Gasteiger partial charge in [0.25, 0.3) is 0 Å². The average molecular weight is 339 g/mol. The molecule has 3 aliphatic rings. The maximum atomic E-state index is 13.6. The van der Waals surface area contributed by atoms with Gasteiger partial charge in [-0.2, -0.15) is 0 Å². The molecule has 0 aromatic heterocycles. The fourth-order valence-corrected chi connectivity index (χ4v) is 4.90. The molecule has 0 unspecified atom stereocenters. The molecule has 132 valence electrons. The molecule has 0 N–H and O–H groups in total. The number of esters is 1. The fraction of sp³-hybridized carbons (Fsp3) is 0.524. The van der Waals surface area contributed by atoms with E-state index in [4.69, 9.17) is 4.74 Å². The molecule has 2 bridgehead atoms. The van der Waals surface area contributed by atoms with Crippen molar-refractivity contribution >= 4 is 18.0 Å². The number of ether oxygens (including phenoxy) is 1. The van der Waals surface area contributed by atoms with Gasteiger partial charge in [-0.25, -0.2) is 0 Å². The molecular weight excluding hydrogens is 314 g/mol. The van der Waals surface area contributed by atoms with E-state index in [1.54, 1.807) is 4.90 Å². The van der Waals surface area contributed by atoms with Crippen LogP contribution in [0.3, 0.4) is 0 Å². The lowest BCUT2D eigenvalue weighted by atomic mass is 9.57. The Morgan fingerprint density at radius 2 is 1.96 bits per heavy atom. The van der Waals surface area contributed by atoms with Gasteiger partial charge in [-0.05, 0) is 47.9 Å². The topological polar surface area (TPSA) is 46.6 Å². The molecule has 4 nitrogen and oxygen atoms in total. The van der Waals surface area contributed by atoms with Gasteiger partial charge >= 0.3 is 5.97 Å². The Labute approximate surface area is 148 Å². The number of hydrogen-bond donors (Lipinski definition) is 0. The van der Waals surface area contributed by atoms with Crippen LogP contribution in [0.25, 0.3) is 6.08 Å². The highest BCUT2D eigenvalue weighted by Gasteiger charge is 2.72.